The highest BCUT2D eigenvalue weighted by Gasteiger charge is 2.09. The molecule has 0 aliphatic heterocycles. The fourth-order valence-electron chi connectivity index (χ4n) is 1.52. The maximum atomic E-state index is 11.4. The van der Waals surface area contributed by atoms with E-state index in [2.05, 4.69) is 10.1 Å². The van der Waals surface area contributed by atoms with Crippen LogP contribution in [0.4, 0.5) is 0 Å². The Morgan fingerprint density at radius 2 is 2.17 bits per heavy atom. The Balaban J connectivity index is 2.08. The second kappa shape index (κ2) is 5.44. The summed E-state index contributed by atoms with van der Waals surface area (Å²) in [4.78, 5) is 15.5. The fraction of sp³-hybridized carbons (Fsp3) is 0.308. The third-order valence-corrected chi connectivity index (χ3v) is 2.44. The molecule has 5 nitrogen and oxygen atoms in total. The number of ketones is 1. The number of rotatable bonds is 5. The van der Waals surface area contributed by atoms with Crippen molar-refractivity contribution >= 4 is 5.78 Å². The summed E-state index contributed by atoms with van der Waals surface area (Å²) < 4.78 is 10.5. The van der Waals surface area contributed by atoms with Gasteiger partial charge in [0, 0.05) is 6.42 Å². The lowest BCUT2D eigenvalue weighted by molar-refractivity contribution is 0.101. The lowest BCUT2D eigenvalue weighted by Gasteiger charge is -2.07. The molecule has 0 aliphatic rings. The average Bonchev–Trinajstić information content (AvgIpc) is 2.84. The minimum absolute atomic E-state index is 0.0343. The molecule has 0 saturated heterocycles. The van der Waals surface area contributed by atoms with E-state index in [1.54, 1.807) is 18.2 Å². The standard InChI is InChI=1S/C13H14N2O3/c1-3-13-14-12(15-18-13)8-17-11-7-5-4-6-10(11)9(2)16/h4-7H,3,8H2,1-2H3. The number of ether oxygens (including phenoxy) is 1. The van der Waals surface area contributed by atoms with E-state index < -0.39 is 0 Å². The smallest absolute Gasteiger partial charge is 0.226 e. The van der Waals surface area contributed by atoms with Gasteiger partial charge >= 0.3 is 0 Å². The first-order valence-corrected chi connectivity index (χ1v) is 5.75. The maximum absolute atomic E-state index is 11.4. The minimum Gasteiger partial charge on any atom is -0.485 e. The summed E-state index contributed by atoms with van der Waals surface area (Å²) in [6.45, 7) is 3.63. The predicted molar refractivity (Wildman–Crippen MR) is 64.5 cm³/mol. The molecule has 18 heavy (non-hydrogen) atoms. The molecule has 2 rings (SSSR count). The second-order valence-electron chi connectivity index (χ2n) is 3.80. The van der Waals surface area contributed by atoms with Crippen molar-refractivity contribution in [1.29, 1.82) is 0 Å². The molecule has 0 atom stereocenters. The summed E-state index contributed by atoms with van der Waals surface area (Å²) in [6, 6.07) is 7.09. The van der Waals surface area contributed by atoms with E-state index in [1.165, 1.54) is 6.92 Å². The number of aromatic nitrogens is 2. The zero-order chi connectivity index (χ0) is 13.0. The van der Waals surface area contributed by atoms with Gasteiger partial charge in [-0.2, -0.15) is 4.98 Å². The molecule has 0 N–H and O–H groups in total. The largest absolute Gasteiger partial charge is 0.485 e. The Bertz CT molecular complexity index is 549. The third-order valence-electron chi connectivity index (χ3n) is 2.44. The second-order valence-corrected chi connectivity index (χ2v) is 3.80. The summed E-state index contributed by atoms with van der Waals surface area (Å²) in [5.74, 6) is 1.56. The molecule has 1 aromatic heterocycles. The van der Waals surface area contributed by atoms with Crippen LogP contribution in [0.2, 0.25) is 0 Å². The molecule has 0 aliphatic carbocycles. The van der Waals surface area contributed by atoms with E-state index >= 15 is 0 Å². The summed E-state index contributed by atoms with van der Waals surface area (Å²) in [7, 11) is 0. The highest BCUT2D eigenvalue weighted by atomic mass is 16.5. The zero-order valence-corrected chi connectivity index (χ0v) is 10.3. The lowest BCUT2D eigenvalue weighted by Crippen LogP contribution is -2.02. The quantitative estimate of drug-likeness (QED) is 0.758. The summed E-state index contributed by atoms with van der Waals surface area (Å²) in [6.07, 6.45) is 0.692. The van der Waals surface area contributed by atoms with Gasteiger partial charge in [0.2, 0.25) is 11.7 Å². The number of carbonyl (C=O) groups is 1. The van der Waals surface area contributed by atoms with E-state index in [0.29, 0.717) is 29.4 Å². The van der Waals surface area contributed by atoms with Crippen molar-refractivity contribution in [2.24, 2.45) is 0 Å². The van der Waals surface area contributed by atoms with Crippen LogP contribution in [0.5, 0.6) is 5.75 Å². The number of hydrogen-bond donors (Lipinski definition) is 0. The van der Waals surface area contributed by atoms with Gasteiger partial charge in [0.15, 0.2) is 12.4 Å². The van der Waals surface area contributed by atoms with Crippen LogP contribution in [0.15, 0.2) is 28.8 Å². The van der Waals surface area contributed by atoms with Crippen LogP contribution in [0.25, 0.3) is 0 Å². The normalized spacial score (nSPS) is 10.3. The number of hydrogen-bond acceptors (Lipinski definition) is 5. The van der Waals surface area contributed by atoms with Gasteiger partial charge in [-0.15, -0.1) is 0 Å². The van der Waals surface area contributed by atoms with E-state index in [0.717, 1.165) is 0 Å². The van der Waals surface area contributed by atoms with Crippen molar-refractivity contribution in [1.82, 2.24) is 10.1 Å². The van der Waals surface area contributed by atoms with Gasteiger partial charge in [-0.1, -0.05) is 24.2 Å². The highest BCUT2D eigenvalue weighted by Crippen LogP contribution is 2.19. The topological polar surface area (TPSA) is 65.2 Å². The average molecular weight is 246 g/mol. The summed E-state index contributed by atoms with van der Waals surface area (Å²) in [5, 5.41) is 3.78. The van der Waals surface area contributed by atoms with Crippen molar-refractivity contribution in [2.75, 3.05) is 0 Å². The molecule has 0 saturated carbocycles. The van der Waals surface area contributed by atoms with Gasteiger partial charge < -0.3 is 9.26 Å². The number of benzene rings is 1. The van der Waals surface area contributed by atoms with Gasteiger partial charge in [-0.3, -0.25) is 4.79 Å². The van der Waals surface area contributed by atoms with Crippen molar-refractivity contribution in [2.45, 2.75) is 26.9 Å². The van der Waals surface area contributed by atoms with Crippen molar-refractivity contribution < 1.29 is 14.1 Å². The zero-order valence-electron chi connectivity index (χ0n) is 10.3. The molecule has 0 amide bonds. The van der Waals surface area contributed by atoms with Gasteiger partial charge in [0.25, 0.3) is 0 Å². The number of Topliss-reactive ketones (excluding diaryl/α,β-unsaturated/α-hetero) is 1. The van der Waals surface area contributed by atoms with Crippen LogP contribution in [0, 0.1) is 0 Å². The van der Waals surface area contributed by atoms with Crippen molar-refractivity contribution in [3.8, 4) is 5.75 Å². The number of aryl methyl sites for hydroxylation is 1. The van der Waals surface area contributed by atoms with Crippen LogP contribution in [0.3, 0.4) is 0 Å². The molecule has 5 heteroatoms. The molecule has 1 heterocycles. The molecule has 0 unspecified atom stereocenters. The number of para-hydroxylation sites is 1. The first-order valence-electron chi connectivity index (χ1n) is 5.75. The predicted octanol–water partition coefficient (Wildman–Crippen LogP) is 2.41. The number of carbonyl (C=O) groups excluding carboxylic acids is 1. The molecule has 0 fully saturated rings. The molecular formula is C13H14N2O3. The van der Waals surface area contributed by atoms with Crippen LogP contribution in [-0.4, -0.2) is 15.9 Å². The Labute approximate surface area is 105 Å². The highest BCUT2D eigenvalue weighted by molar-refractivity contribution is 5.96. The van der Waals surface area contributed by atoms with E-state index in [1.807, 2.05) is 13.0 Å². The Kier molecular flexibility index (Phi) is 3.72. The van der Waals surface area contributed by atoms with E-state index in [-0.39, 0.29) is 12.4 Å². The van der Waals surface area contributed by atoms with Crippen LogP contribution in [0.1, 0.15) is 35.9 Å². The van der Waals surface area contributed by atoms with Crippen LogP contribution in [-0.2, 0) is 13.0 Å². The molecule has 94 valence electrons. The van der Waals surface area contributed by atoms with E-state index in [4.69, 9.17) is 9.26 Å². The molecule has 0 spiro atoms. The van der Waals surface area contributed by atoms with Crippen molar-refractivity contribution in [3.05, 3.63) is 41.5 Å². The molecule has 0 bridgehead atoms. The molecule has 1 aromatic carbocycles. The minimum atomic E-state index is -0.0343. The number of nitrogens with zero attached hydrogens (tertiary/aromatic N) is 2. The van der Waals surface area contributed by atoms with Gasteiger partial charge in [0.1, 0.15) is 5.75 Å². The van der Waals surface area contributed by atoms with Crippen LogP contribution >= 0.6 is 0 Å². The first-order chi connectivity index (χ1) is 8.70. The SMILES string of the molecule is CCc1nc(COc2ccccc2C(C)=O)no1. The summed E-state index contributed by atoms with van der Waals surface area (Å²) in [5.41, 5.74) is 0.553. The Morgan fingerprint density at radius 1 is 1.39 bits per heavy atom. The monoisotopic (exact) mass is 246 g/mol. The maximum Gasteiger partial charge on any atom is 0.226 e. The van der Waals surface area contributed by atoms with Gasteiger partial charge in [-0.25, -0.2) is 0 Å². The van der Waals surface area contributed by atoms with Crippen LogP contribution < -0.4 is 4.74 Å². The Morgan fingerprint density at radius 3 is 2.83 bits per heavy atom. The Hall–Kier alpha value is -2.17. The first kappa shape index (κ1) is 12.3. The lowest BCUT2D eigenvalue weighted by atomic mass is 10.1. The molecule has 0 radical (unpaired) electrons. The molecular weight excluding hydrogens is 232 g/mol. The third kappa shape index (κ3) is 2.74. The van der Waals surface area contributed by atoms with Gasteiger partial charge in [-0.05, 0) is 19.1 Å². The van der Waals surface area contributed by atoms with Gasteiger partial charge in [0.05, 0.1) is 5.56 Å². The van der Waals surface area contributed by atoms with E-state index in [9.17, 15) is 4.79 Å². The molecule has 2 aromatic rings. The fourth-order valence-corrected chi connectivity index (χ4v) is 1.52. The van der Waals surface area contributed by atoms with Crippen molar-refractivity contribution in [3.63, 3.8) is 0 Å². The summed E-state index contributed by atoms with van der Waals surface area (Å²) >= 11 is 0.